The Morgan fingerprint density at radius 1 is 0.964 bits per heavy atom. The summed E-state index contributed by atoms with van der Waals surface area (Å²) in [6, 6.07) is 15.0. The number of hydrazone groups is 1. The van der Waals surface area contributed by atoms with Crippen LogP contribution in [0, 0.1) is 40.4 Å². The summed E-state index contributed by atoms with van der Waals surface area (Å²) in [5, 5.41) is 14.5. The normalized spacial score (nSPS) is 12.5. The van der Waals surface area contributed by atoms with Crippen LogP contribution in [0.5, 0.6) is 0 Å². The number of aromatic nitrogens is 4. The summed E-state index contributed by atoms with van der Waals surface area (Å²) in [5.74, 6) is 0. The fourth-order valence-electron chi connectivity index (χ4n) is 2.68. The molecule has 7 nitrogen and oxygen atoms in total. The number of nitrogens with zero attached hydrogens (tertiary/aromatic N) is 7. The van der Waals surface area contributed by atoms with E-state index < -0.39 is 0 Å². The summed E-state index contributed by atoms with van der Waals surface area (Å²) in [6.07, 6.45) is 1.76. The monoisotopic (exact) mass is 555 g/mol. The van der Waals surface area contributed by atoms with Crippen molar-refractivity contribution in [1.82, 2.24) is 24.4 Å². The number of hydrogen-bond acceptors (Lipinski definition) is 5. The average Bonchev–Trinajstić information content (AvgIpc) is 3.29. The van der Waals surface area contributed by atoms with E-state index in [1.807, 2.05) is 99.4 Å². The molecule has 0 N–H and O–H groups in total. The zero-order chi connectivity index (χ0) is 19.4. The molecule has 3 aromatic rings. The Hall–Kier alpha value is -2.34. The summed E-state index contributed by atoms with van der Waals surface area (Å²) in [6.45, 7) is 9.92. The molecule has 147 valence electrons. The van der Waals surface area contributed by atoms with E-state index in [4.69, 9.17) is 0 Å². The van der Waals surface area contributed by atoms with Gasteiger partial charge in [-0.05, 0) is 46.9 Å². The van der Waals surface area contributed by atoms with Crippen LogP contribution < -0.4 is 4.90 Å². The molecule has 0 bridgehead atoms. The van der Waals surface area contributed by atoms with Gasteiger partial charge < -0.3 is 9.91 Å². The smallest absolute Gasteiger partial charge is 0.483 e. The molecule has 1 aromatic carbocycles. The maximum atomic E-state index is 4.36. The van der Waals surface area contributed by atoms with E-state index in [0.29, 0.717) is 0 Å². The molecule has 0 unspecified atom stereocenters. The quantitative estimate of drug-likeness (QED) is 0.369. The van der Waals surface area contributed by atoms with Crippen LogP contribution in [0.4, 0.5) is 5.69 Å². The first-order valence-electron chi connectivity index (χ1n) is 8.70. The fraction of sp³-hybridized carbons (Fsp3) is 0.263. The van der Waals surface area contributed by atoms with Crippen LogP contribution in [0.3, 0.4) is 0 Å². The molecule has 0 saturated carbocycles. The minimum atomic E-state index is 0. The molecule has 0 atom stereocenters. The molecule has 0 fully saturated rings. The standard InChI is InChI=1S/C10H14BN4.C9H9N3.Pt/c1-7-5-9(3)14(12-7)11-15-10(4)6-8(2)13-15;1-11-8-12(7-10-11)9-5-3-2-4-6-9;/h5-6H,1-4H3;2-5,7-8H,1H3;/q;-2;+2. The molecular weight excluding hydrogens is 532 g/mol. The van der Waals surface area contributed by atoms with Crippen LogP contribution in [-0.2, 0) is 21.1 Å². The van der Waals surface area contributed by atoms with Gasteiger partial charge in [-0.25, -0.2) is 5.10 Å². The van der Waals surface area contributed by atoms with Gasteiger partial charge in [-0.1, -0.05) is 0 Å². The van der Waals surface area contributed by atoms with Gasteiger partial charge in [0.1, 0.15) is 0 Å². The maximum Gasteiger partial charge on any atom is 2.00 e. The predicted octanol–water partition coefficient (Wildman–Crippen LogP) is 2.54. The molecule has 0 saturated heterocycles. The third-order valence-electron chi connectivity index (χ3n) is 3.93. The number of benzene rings is 1. The third-order valence-corrected chi connectivity index (χ3v) is 3.93. The van der Waals surface area contributed by atoms with Crippen LogP contribution in [0.15, 0.2) is 41.5 Å². The summed E-state index contributed by atoms with van der Waals surface area (Å²) in [4.78, 5) is 1.92. The second-order valence-corrected chi connectivity index (χ2v) is 6.43. The second-order valence-electron chi connectivity index (χ2n) is 6.43. The zero-order valence-corrected chi connectivity index (χ0v) is 18.9. The molecular formula is C19H23BN7Pt. The van der Waals surface area contributed by atoms with E-state index in [2.05, 4.69) is 21.4 Å². The number of rotatable bonds is 3. The largest absolute Gasteiger partial charge is 2.00 e. The van der Waals surface area contributed by atoms with E-state index in [9.17, 15) is 0 Å². The fourth-order valence-corrected chi connectivity index (χ4v) is 2.68. The Kier molecular flexibility index (Phi) is 7.63. The SMILES string of the molecule is CN1[CH-]N(c2[c-]cccc2)C=N1.Cc1cc(C)n([B]n2nc(C)cc2C)n1.[Pt+2]. The van der Waals surface area contributed by atoms with E-state index in [0.717, 1.165) is 28.5 Å². The summed E-state index contributed by atoms with van der Waals surface area (Å²) in [7, 11) is 3.78. The van der Waals surface area contributed by atoms with Gasteiger partial charge in [0.15, 0.2) is 0 Å². The topological polar surface area (TPSA) is 54.5 Å². The molecule has 0 aliphatic carbocycles. The molecule has 28 heavy (non-hydrogen) atoms. The van der Waals surface area contributed by atoms with Gasteiger partial charge in [0, 0.05) is 11.4 Å². The first kappa shape index (κ1) is 22.0. The Labute approximate surface area is 181 Å². The first-order chi connectivity index (χ1) is 12.9. The molecule has 1 aliphatic rings. The van der Waals surface area contributed by atoms with Gasteiger partial charge >= 0.3 is 28.6 Å². The van der Waals surface area contributed by atoms with Crippen LogP contribution in [0.2, 0.25) is 0 Å². The predicted molar refractivity (Wildman–Crippen MR) is 108 cm³/mol. The van der Waals surface area contributed by atoms with Gasteiger partial charge in [0.2, 0.25) is 0 Å². The van der Waals surface area contributed by atoms with E-state index in [-0.39, 0.29) is 21.1 Å². The van der Waals surface area contributed by atoms with Gasteiger partial charge in [-0.2, -0.15) is 40.5 Å². The van der Waals surface area contributed by atoms with Gasteiger partial charge in [-0.3, -0.25) is 9.19 Å². The third kappa shape index (κ3) is 5.58. The Morgan fingerprint density at radius 2 is 1.57 bits per heavy atom. The van der Waals surface area contributed by atoms with E-state index in [1.54, 1.807) is 11.3 Å². The number of hydrogen-bond donors (Lipinski definition) is 0. The Balaban J connectivity index is 0.000000198. The van der Waals surface area contributed by atoms with Gasteiger partial charge in [0.05, 0.1) is 17.7 Å². The number of aryl methyl sites for hydroxylation is 4. The van der Waals surface area contributed by atoms with Gasteiger partial charge in [0.25, 0.3) is 0 Å². The Morgan fingerprint density at radius 3 is 1.96 bits per heavy atom. The van der Waals surface area contributed by atoms with Crippen LogP contribution in [0.1, 0.15) is 22.8 Å². The van der Waals surface area contributed by atoms with E-state index in [1.165, 1.54) is 0 Å². The summed E-state index contributed by atoms with van der Waals surface area (Å²) in [5.41, 5.74) is 5.27. The van der Waals surface area contributed by atoms with Crippen molar-refractivity contribution >= 4 is 19.6 Å². The minimum Gasteiger partial charge on any atom is -0.483 e. The minimum absolute atomic E-state index is 0. The van der Waals surface area contributed by atoms with Crippen LogP contribution in [-0.4, -0.2) is 45.3 Å². The summed E-state index contributed by atoms with van der Waals surface area (Å²) < 4.78 is 3.68. The molecule has 0 spiro atoms. The number of anilines is 1. The molecule has 4 rings (SSSR count). The van der Waals surface area contributed by atoms with Crippen molar-refractivity contribution in [2.75, 3.05) is 11.9 Å². The zero-order valence-electron chi connectivity index (χ0n) is 16.6. The van der Waals surface area contributed by atoms with Crippen molar-refractivity contribution in [3.63, 3.8) is 0 Å². The summed E-state index contributed by atoms with van der Waals surface area (Å²) >= 11 is 0. The van der Waals surface area contributed by atoms with Crippen molar-refractivity contribution in [1.29, 1.82) is 0 Å². The maximum absolute atomic E-state index is 4.36. The van der Waals surface area contributed by atoms with Crippen molar-refractivity contribution in [2.24, 2.45) is 5.10 Å². The van der Waals surface area contributed by atoms with Crippen LogP contribution >= 0.6 is 0 Å². The molecule has 3 heterocycles. The molecule has 2 aromatic heterocycles. The van der Waals surface area contributed by atoms with Crippen molar-refractivity contribution in [2.45, 2.75) is 27.7 Å². The van der Waals surface area contributed by atoms with E-state index >= 15 is 0 Å². The molecule has 1 radical (unpaired) electrons. The average molecular weight is 555 g/mol. The molecule has 9 heteroatoms. The van der Waals surface area contributed by atoms with Crippen molar-refractivity contribution in [3.05, 3.63) is 71.9 Å². The van der Waals surface area contributed by atoms with Crippen LogP contribution in [0.25, 0.3) is 0 Å². The number of para-hydroxylation sites is 1. The molecule has 1 aliphatic heterocycles. The van der Waals surface area contributed by atoms with Gasteiger partial charge in [-0.15, -0.1) is 12.4 Å². The molecule has 0 amide bonds. The van der Waals surface area contributed by atoms with Crippen molar-refractivity contribution in [3.8, 4) is 0 Å². The first-order valence-corrected chi connectivity index (χ1v) is 8.70. The van der Waals surface area contributed by atoms with Crippen molar-refractivity contribution < 1.29 is 21.1 Å². The Bertz CT molecular complexity index is 876. The second kappa shape index (κ2) is 9.74.